The van der Waals surface area contributed by atoms with Crippen molar-refractivity contribution in [1.82, 2.24) is 5.32 Å². The average molecular weight is 518 g/mol. The van der Waals surface area contributed by atoms with E-state index in [2.05, 4.69) is 54.9 Å². The minimum atomic E-state index is -0.836. The summed E-state index contributed by atoms with van der Waals surface area (Å²) in [5, 5.41) is 28.0. The fourth-order valence-electron chi connectivity index (χ4n) is 7.30. The molecule has 3 N–H and O–H groups in total. The van der Waals surface area contributed by atoms with E-state index in [9.17, 15) is 15.0 Å². The van der Waals surface area contributed by atoms with Crippen molar-refractivity contribution in [3.63, 3.8) is 0 Å². The molecule has 3 heterocycles. The third kappa shape index (κ3) is 4.10. The van der Waals surface area contributed by atoms with Gasteiger partial charge >= 0.3 is 5.97 Å². The van der Waals surface area contributed by atoms with E-state index in [0.717, 1.165) is 12.1 Å². The number of carbonyl (C=O) groups excluding carboxylic acids is 1. The maximum absolute atomic E-state index is 13.1. The van der Waals surface area contributed by atoms with Crippen LogP contribution in [0.4, 0.5) is 0 Å². The summed E-state index contributed by atoms with van der Waals surface area (Å²) in [5.41, 5.74) is 0.258. The third-order valence-corrected chi connectivity index (χ3v) is 9.92. The molecule has 1 aromatic rings. The van der Waals surface area contributed by atoms with Crippen molar-refractivity contribution in [3.8, 4) is 0 Å². The molecule has 198 valence electrons. The van der Waals surface area contributed by atoms with Crippen molar-refractivity contribution in [1.29, 1.82) is 0 Å². The van der Waals surface area contributed by atoms with Gasteiger partial charge in [0.05, 0.1) is 18.3 Å². The second kappa shape index (κ2) is 9.97. The van der Waals surface area contributed by atoms with Crippen LogP contribution in [0, 0.1) is 29.6 Å². The highest BCUT2D eigenvalue weighted by Crippen LogP contribution is 2.60. The van der Waals surface area contributed by atoms with Crippen molar-refractivity contribution in [2.45, 2.75) is 82.8 Å². The lowest BCUT2D eigenvalue weighted by Crippen LogP contribution is -2.59. The summed E-state index contributed by atoms with van der Waals surface area (Å²) in [6, 6.07) is 4.15. The number of carbonyl (C=O) groups is 1. The first kappa shape index (κ1) is 26.1. The molecule has 4 bridgehead atoms. The largest absolute Gasteiger partial charge is 0.457 e. The summed E-state index contributed by atoms with van der Waals surface area (Å²) in [4.78, 5) is 14.3. The Kier molecular flexibility index (Phi) is 7.22. The van der Waals surface area contributed by atoms with Crippen LogP contribution < -0.4 is 5.32 Å². The molecular weight excluding hydrogens is 478 g/mol. The number of hydrogen-bond donors (Lipinski definition) is 3. The Labute approximate surface area is 217 Å². The molecule has 1 saturated heterocycles. The van der Waals surface area contributed by atoms with Gasteiger partial charge in [-0.3, -0.25) is 0 Å². The quantitative estimate of drug-likeness (QED) is 0.408. The maximum atomic E-state index is 13.1. The average Bonchev–Trinajstić information content (AvgIpc) is 3.42. The van der Waals surface area contributed by atoms with Crippen LogP contribution in [-0.2, 0) is 25.5 Å². The molecule has 1 spiro atoms. The van der Waals surface area contributed by atoms with Crippen LogP contribution in [0.25, 0.3) is 0 Å². The zero-order valence-corrected chi connectivity index (χ0v) is 22.5. The molecule has 5 rings (SSSR count). The zero-order valence-electron chi connectivity index (χ0n) is 21.7. The van der Waals surface area contributed by atoms with Gasteiger partial charge in [-0.2, -0.15) is 0 Å². The summed E-state index contributed by atoms with van der Waals surface area (Å²) in [6.45, 7) is 8.49. The van der Waals surface area contributed by atoms with E-state index < -0.39 is 36.0 Å². The molecule has 1 saturated carbocycles. The molecule has 2 aliphatic carbocycles. The van der Waals surface area contributed by atoms with Gasteiger partial charge in [-0.15, -0.1) is 11.3 Å². The molecule has 2 fully saturated rings. The van der Waals surface area contributed by atoms with Gasteiger partial charge in [0.25, 0.3) is 0 Å². The van der Waals surface area contributed by atoms with Crippen LogP contribution in [0.3, 0.4) is 0 Å². The van der Waals surface area contributed by atoms with Crippen LogP contribution in [0.5, 0.6) is 0 Å². The number of esters is 1. The molecule has 4 unspecified atom stereocenters. The van der Waals surface area contributed by atoms with Gasteiger partial charge in [0.15, 0.2) is 6.10 Å². The van der Waals surface area contributed by atoms with Crippen LogP contribution in [0.2, 0.25) is 0 Å². The maximum Gasteiger partial charge on any atom is 0.335 e. The number of nitrogens with one attached hydrogen (secondary N) is 1. The van der Waals surface area contributed by atoms with Gasteiger partial charge in [0, 0.05) is 54.2 Å². The Morgan fingerprint density at radius 3 is 2.78 bits per heavy atom. The second-order valence-corrected chi connectivity index (χ2v) is 12.1. The smallest absolute Gasteiger partial charge is 0.335 e. The molecule has 4 aliphatic rings. The van der Waals surface area contributed by atoms with E-state index in [1.807, 2.05) is 6.92 Å². The molecule has 8 heteroatoms. The Balaban J connectivity index is 1.56. The Morgan fingerprint density at radius 2 is 2.11 bits per heavy atom. The third-order valence-electron chi connectivity index (χ3n) is 9.05. The van der Waals surface area contributed by atoms with Crippen LogP contribution >= 0.6 is 11.3 Å². The lowest BCUT2D eigenvalue weighted by Gasteiger charge is -2.49. The predicted octanol–water partition coefficient (Wildman–Crippen LogP) is 3.07. The molecule has 0 amide bonds. The van der Waals surface area contributed by atoms with Gasteiger partial charge in [0.2, 0.25) is 0 Å². The molecule has 7 nitrogen and oxygen atoms in total. The van der Waals surface area contributed by atoms with E-state index in [4.69, 9.17) is 14.2 Å². The number of aliphatic hydroxyl groups excluding tert-OH is 2. The van der Waals surface area contributed by atoms with Crippen LogP contribution in [0.1, 0.15) is 39.0 Å². The molecule has 12 atom stereocenters. The standard InChI is InChI=1S/C28H39NO6S/c1-14-11-15(2)28-18(12-21(33-5)27(32)34-25(14)17(4)30)8-9-20-22(28)24(31)16(3)23(26(20)35-28)29-13-19-7-6-10-36-19/h6-11,14,16-18,20-26,29-31H,12-13H2,1-5H3/b15-11+/t14-,16?,17?,18-,20-,21+,22+,23?,24?,25+,26-,28+/m1/s1. The van der Waals surface area contributed by atoms with Crippen molar-refractivity contribution in [2.75, 3.05) is 7.11 Å². The number of aliphatic hydroxyl groups is 2. The number of methoxy groups -OCH3 is 1. The monoisotopic (exact) mass is 517 g/mol. The predicted molar refractivity (Wildman–Crippen MR) is 137 cm³/mol. The highest BCUT2D eigenvalue weighted by Gasteiger charge is 2.68. The molecule has 1 aromatic heterocycles. The highest BCUT2D eigenvalue weighted by molar-refractivity contribution is 7.09. The number of thiophene rings is 1. The Morgan fingerprint density at radius 1 is 1.33 bits per heavy atom. The van der Waals surface area contributed by atoms with E-state index >= 15 is 0 Å². The second-order valence-electron chi connectivity index (χ2n) is 11.1. The number of hydrogen-bond acceptors (Lipinski definition) is 8. The Bertz CT molecular complexity index is 1010. The van der Waals surface area contributed by atoms with Crippen molar-refractivity contribution in [2.24, 2.45) is 29.6 Å². The van der Waals surface area contributed by atoms with E-state index in [0.29, 0.717) is 6.42 Å². The van der Waals surface area contributed by atoms with Crippen molar-refractivity contribution >= 4 is 17.3 Å². The fourth-order valence-corrected chi connectivity index (χ4v) is 7.96. The summed E-state index contributed by atoms with van der Waals surface area (Å²) in [7, 11) is 1.51. The molecular formula is C28H39NO6S. The number of ether oxygens (including phenoxy) is 3. The lowest BCUT2D eigenvalue weighted by atomic mass is 9.57. The van der Waals surface area contributed by atoms with E-state index in [1.165, 1.54) is 12.0 Å². The number of rotatable bonds is 5. The zero-order chi connectivity index (χ0) is 25.8. The van der Waals surface area contributed by atoms with E-state index in [-0.39, 0.29) is 41.7 Å². The summed E-state index contributed by atoms with van der Waals surface area (Å²) in [5.74, 6) is -0.943. The fraction of sp³-hybridized carbons (Fsp3) is 0.679. The first-order valence-electron chi connectivity index (χ1n) is 13.1. The molecule has 36 heavy (non-hydrogen) atoms. The minimum Gasteiger partial charge on any atom is -0.457 e. The molecule has 0 aromatic carbocycles. The van der Waals surface area contributed by atoms with Crippen molar-refractivity contribution < 1.29 is 29.2 Å². The van der Waals surface area contributed by atoms with Gasteiger partial charge in [-0.1, -0.05) is 38.1 Å². The topological polar surface area (TPSA) is 97.2 Å². The van der Waals surface area contributed by atoms with Crippen LogP contribution in [0.15, 0.2) is 41.3 Å². The van der Waals surface area contributed by atoms with Crippen molar-refractivity contribution in [3.05, 3.63) is 46.2 Å². The number of cyclic esters (lactones) is 1. The van der Waals surface area contributed by atoms with Crippen LogP contribution in [-0.4, -0.2) is 65.5 Å². The molecule has 2 aliphatic heterocycles. The first-order chi connectivity index (χ1) is 17.2. The van der Waals surface area contributed by atoms with Gasteiger partial charge in [-0.25, -0.2) is 4.79 Å². The first-order valence-corrected chi connectivity index (χ1v) is 14.0. The SMILES string of the molecule is CO[C@H]1C[C@H]2C=C[C@@H]3[C@H]4C(O)C(C)C(NCc5cccs5)[C@@H]3O[C@@]24/C(C)=C/[C@@H](C)[C@@H](C(C)O)OC1=O. The van der Waals surface area contributed by atoms with E-state index in [1.54, 1.807) is 18.3 Å². The summed E-state index contributed by atoms with van der Waals surface area (Å²) in [6.07, 6.45) is 3.80. The molecule has 0 radical (unpaired) electrons. The van der Waals surface area contributed by atoms with Gasteiger partial charge in [0.1, 0.15) is 11.7 Å². The lowest BCUT2D eigenvalue weighted by molar-refractivity contribution is -0.172. The summed E-state index contributed by atoms with van der Waals surface area (Å²) >= 11 is 1.72. The van der Waals surface area contributed by atoms with Gasteiger partial charge < -0.3 is 29.7 Å². The Hall–Kier alpha value is -1.55. The summed E-state index contributed by atoms with van der Waals surface area (Å²) < 4.78 is 18.5. The minimum absolute atomic E-state index is 0.00299. The highest BCUT2D eigenvalue weighted by atomic mass is 32.1. The normalized spacial score (nSPS) is 46.4. The van der Waals surface area contributed by atoms with Gasteiger partial charge in [-0.05, 0) is 37.3 Å².